The molecule has 0 aromatic heterocycles. The van der Waals surface area contributed by atoms with E-state index in [1.807, 2.05) is 6.92 Å². The Morgan fingerprint density at radius 3 is 2.24 bits per heavy atom. The number of likely N-dealkylation sites (tertiary alicyclic amines) is 1. The average Bonchev–Trinajstić information content (AvgIpc) is 2.73. The molecule has 1 amide bonds. The van der Waals surface area contributed by atoms with Gasteiger partial charge in [0.05, 0.1) is 17.9 Å². The highest BCUT2D eigenvalue weighted by atomic mass is 32.2. The Balaban J connectivity index is 1.77. The van der Waals surface area contributed by atoms with Gasteiger partial charge < -0.3 is 9.64 Å². The molecule has 8 heteroatoms. The van der Waals surface area contributed by atoms with Gasteiger partial charge in [0, 0.05) is 31.7 Å². The highest BCUT2D eigenvalue weighted by Crippen LogP contribution is 2.26. The fraction of sp³-hybridized carbons (Fsp3) is 0.619. The molecule has 29 heavy (non-hydrogen) atoms. The van der Waals surface area contributed by atoms with Gasteiger partial charge in [-0.25, -0.2) is 8.42 Å². The zero-order valence-corrected chi connectivity index (χ0v) is 18.2. The number of ether oxygens (including phenoxy) is 1. The second-order valence-corrected chi connectivity index (χ2v) is 10.1. The number of piperidine rings is 2. The van der Waals surface area contributed by atoms with Gasteiger partial charge in [-0.2, -0.15) is 4.31 Å². The van der Waals surface area contributed by atoms with Crippen molar-refractivity contribution in [1.82, 2.24) is 9.21 Å². The van der Waals surface area contributed by atoms with E-state index < -0.39 is 10.0 Å². The number of aryl methyl sites for hydroxylation is 1. The third kappa shape index (κ3) is 4.64. The van der Waals surface area contributed by atoms with Gasteiger partial charge in [0.2, 0.25) is 10.0 Å². The first-order valence-corrected chi connectivity index (χ1v) is 11.7. The Morgan fingerprint density at radius 1 is 1.03 bits per heavy atom. The molecule has 1 aromatic carbocycles. The molecule has 0 atom stereocenters. The highest BCUT2D eigenvalue weighted by Gasteiger charge is 2.31. The number of hydrogen-bond donors (Lipinski definition) is 0. The molecule has 0 aliphatic carbocycles. The average molecular weight is 423 g/mol. The maximum Gasteiger partial charge on any atom is 0.308 e. The van der Waals surface area contributed by atoms with E-state index in [4.69, 9.17) is 4.74 Å². The molecule has 0 bridgehead atoms. The van der Waals surface area contributed by atoms with Crippen molar-refractivity contribution in [1.29, 1.82) is 0 Å². The number of nitrogens with zero attached hydrogens (tertiary/aromatic N) is 2. The molecule has 2 aliphatic rings. The molecule has 0 unspecified atom stereocenters. The van der Waals surface area contributed by atoms with Crippen LogP contribution in [0.4, 0.5) is 0 Å². The van der Waals surface area contributed by atoms with Gasteiger partial charge in [0.1, 0.15) is 0 Å². The molecule has 3 rings (SSSR count). The Hall–Kier alpha value is -1.93. The summed E-state index contributed by atoms with van der Waals surface area (Å²) >= 11 is 0. The van der Waals surface area contributed by atoms with Crippen LogP contribution in [-0.2, 0) is 19.6 Å². The Kier molecular flexibility index (Phi) is 6.63. The van der Waals surface area contributed by atoms with Crippen molar-refractivity contribution in [3.8, 4) is 0 Å². The van der Waals surface area contributed by atoms with Gasteiger partial charge in [-0.05, 0) is 56.2 Å². The quantitative estimate of drug-likeness (QED) is 0.696. The number of esters is 1. The summed E-state index contributed by atoms with van der Waals surface area (Å²) in [5.74, 6) is -0.0739. The summed E-state index contributed by atoms with van der Waals surface area (Å²) in [6, 6.07) is 4.80. The second-order valence-electron chi connectivity index (χ2n) is 8.15. The normalized spacial score (nSPS) is 19.9. The molecule has 0 saturated carbocycles. The van der Waals surface area contributed by atoms with Crippen LogP contribution in [0.2, 0.25) is 0 Å². The van der Waals surface area contributed by atoms with Crippen molar-refractivity contribution >= 4 is 21.9 Å². The molecule has 7 nitrogen and oxygen atoms in total. The molecule has 160 valence electrons. The van der Waals surface area contributed by atoms with E-state index in [0.29, 0.717) is 50.5 Å². The van der Waals surface area contributed by atoms with Gasteiger partial charge in [-0.15, -0.1) is 0 Å². The molecule has 2 saturated heterocycles. The molecule has 2 aliphatic heterocycles. The number of sulfonamides is 1. The first kappa shape index (κ1) is 21.8. The number of hydrogen-bond acceptors (Lipinski definition) is 5. The Morgan fingerprint density at radius 2 is 1.66 bits per heavy atom. The first-order valence-electron chi connectivity index (χ1n) is 10.2. The lowest BCUT2D eigenvalue weighted by Gasteiger charge is -2.31. The zero-order chi connectivity index (χ0) is 21.2. The summed E-state index contributed by atoms with van der Waals surface area (Å²) in [7, 11) is -2.24. The number of amides is 1. The van der Waals surface area contributed by atoms with Crippen LogP contribution >= 0.6 is 0 Å². The van der Waals surface area contributed by atoms with Crippen LogP contribution in [-0.4, -0.2) is 62.8 Å². The van der Waals surface area contributed by atoms with Gasteiger partial charge in [-0.1, -0.05) is 13.0 Å². The molecule has 0 radical (unpaired) electrons. The summed E-state index contributed by atoms with van der Waals surface area (Å²) in [4.78, 5) is 26.6. The standard InChI is InChI=1S/C21H30N2O5S/c1-15-6-12-23(13-7-15)29(26,27)18-5-4-16(2)19(14-18)20(24)22-10-8-17(9-11-22)21(25)28-3/h4-5,14-15,17H,6-13H2,1-3H3. The predicted molar refractivity (Wildman–Crippen MR) is 109 cm³/mol. The fourth-order valence-electron chi connectivity index (χ4n) is 4.02. The summed E-state index contributed by atoms with van der Waals surface area (Å²) in [6.07, 6.45) is 2.82. The molecule has 0 N–H and O–H groups in total. The predicted octanol–water partition coefficient (Wildman–Crippen LogP) is 2.44. The third-order valence-corrected chi connectivity index (χ3v) is 8.03. The Bertz CT molecular complexity index is 867. The molecular formula is C21H30N2O5S. The van der Waals surface area contributed by atoms with Gasteiger partial charge >= 0.3 is 5.97 Å². The van der Waals surface area contributed by atoms with Crippen LogP contribution in [0.5, 0.6) is 0 Å². The summed E-state index contributed by atoms with van der Waals surface area (Å²) in [5, 5.41) is 0. The zero-order valence-electron chi connectivity index (χ0n) is 17.4. The van der Waals surface area contributed by atoms with E-state index in [9.17, 15) is 18.0 Å². The number of carbonyl (C=O) groups excluding carboxylic acids is 2. The fourth-order valence-corrected chi connectivity index (χ4v) is 5.52. The maximum absolute atomic E-state index is 13.1. The van der Waals surface area contributed by atoms with Gasteiger partial charge in [0.15, 0.2) is 0 Å². The van der Waals surface area contributed by atoms with E-state index in [2.05, 4.69) is 6.92 Å². The third-order valence-electron chi connectivity index (χ3n) is 6.14. The van der Waals surface area contributed by atoms with Crippen LogP contribution in [0.3, 0.4) is 0 Å². The van der Waals surface area contributed by atoms with Crippen LogP contribution in [0.25, 0.3) is 0 Å². The number of rotatable bonds is 4. The van der Waals surface area contributed by atoms with E-state index >= 15 is 0 Å². The van der Waals surface area contributed by atoms with E-state index in [1.54, 1.807) is 17.0 Å². The second kappa shape index (κ2) is 8.83. The minimum absolute atomic E-state index is 0.172. The largest absolute Gasteiger partial charge is 0.469 e. The van der Waals surface area contributed by atoms with Crippen LogP contribution in [0.1, 0.15) is 48.5 Å². The molecule has 2 fully saturated rings. The summed E-state index contributed by atoms with van der Waals surface area (Å²) in [5.41, 5.74) is 1.16. The SMILES string of the molecule is COC(=O)C1CCN(C(=O)c2cc(S(=O)(=O)N3CCC(C)CC3)ccc2C)CC1. The number of carbonyl (C=O) groups is 2. The maximum atomic E-state index is 13.1. The molecular weight excluding hydrogens is 392 g/mol. The minimum atomic E-state index is -3.61. The molecule has 1 aromatic rings. The minimum Gasteiger partial charge on any atom is -0.469 e. The van der Waals surface area contributed by atoms with Crippen molar-refractivity contribution in [3.05, 3.63) is 29.3 Å². The number of benzene rings is 1. The topological polar surface area (TPSA) is 84.0 Å². The first-order chi connectivity index (χ1) is 13.7. The van der Waals surface area contributed by atoms with Gasteiger partial charge in [0.25, 0.3) is 5.91 Å². The highest BCUT2D eigenvalue weighted by molar-refractivity contribution is 7.89. The van der Waals surface area contributed by atoms with E-state index in [1.165, 1.54) is 17.5 Å². The summed E-state index contributed by atoms with van der Waals surface area (Å²) < 4.78 is 32.4. The monoisotopic (exact) mass is 422 g/mol. The van der Waals surface area contributed by atoms with E-state index in [-0.39, 0.29) is 22.7 Å². The lowest BCUT2D eigenvalue weighted by Crippen LogP contribution is -2.41. The Labute approximate surface area is 173 Å². The number of methoxy groups -OCH3 is 1. The molecule has 0 spiro atoms. The van der Waals surface area contributed by atoms with Crippen LogP contribution in [0.15, 0.2) is 23.1 Å². The van der Waals surface area contributed by atoms with Crippen molar-refractivity contribution in [3.63, 3.8) is 0 Å². The van der Waals surface area contributed by atoms with E-state index in [0.717, 1.165) is 18.4 Å². The van der Waals surface area contributed by atoms with Crippen LogP contribution in [0, 0.1) is 18.8 Å². The van der Waals surface area contributed by atoms with Crippen molar-refractivity contribution in [2.75, 3.05) is 33.3 Å². The van der Waals surface area contributed by atoms with Gasteiger partial charge in [-0.3, -0.25) is 9.59 Å². The smallest absolute Gasteiger partial charge is 0.308 e. The van der Waals surface area contributed by atoms with Crippen LogP contribution < -0.4 is 0 Å². The molecule has 2 heterocycles. The summed E-state index contributed by atoms with van der Waals surface area (Å²) in [6.45, 7) is 5.89. The lowest BCUT2D eigenvalue weighted by molar-refractivity contribution is -0.146. The van der Waals surface area contributed by atoms with Crippen molar-refractivity contribution in [2.45, 2.75) is 44.4 Å². The van der Waals surface area contributed by atoms with Crippen molar-refractivity contribution < 1.29 is 22.7 Å². The lowest BCUT2D eigenvalue weighted by atomic mass is 9.96. The van der Waals surface area contributed by atoms with Crippen molar-refractivity contribution in [2.24, 2.45) is 11.8 Å².